The summed E-state index contributed by atoms with van der Waals surface area (Å²) >= 11 is 0. The second kappa shape index (κ2) is 46.7. The number of nitrogens with one attached hydrogen (secondary N) is 8. The maximum absolute atomic E-state index is 12.1. The Kier molecular flexibility index (Phi) is 40.2. The molecule has 9 N–H and O–H groups in total. The van der Waals surface area contributed by atoms with Crippen LogP contribution in [-0.4, -0.2) is 243 Å². The van der Waals surface area contributed by atoms with Crippen LogP contribution in [0.1, 0.15) is 103 Å². The second-order valence-corrected chi connectivity index (χ2v) is 21.2. The van der Waals surface area contributed by atoms with Crippen LogP contribution < -0.4 is 42.5 Å². The molecule has 0 aromatic heterocycles. The molecule has 4 fully saturated rings. The predicted molar refractivity (Wildman–Crippen MR) is 309 cm³/mol. The van der Waals surface area contributed by atoms with E-state index < -0.39 is 48.7 Å². The van der Waals surface area contributed by atoms with Crippen molar-refractivity contribution in [1.82, 2.24) is 42.5 Å². The first-order chi connectivity index (χ1) is 42.1. The van der Waals surface area contributed by atoms with E-state index in [1.165, 1.54) is 14.2 Å². The van der Waals surface area contributed by atoms with Gasteiger partial charge in [0.05, 0.1) is 86.9 Å². The van der Waals surface area contributed by atoms with Crippen molar-refractivity contribution in [2.24, 2.45) is 5.92 Å². The van der Waals surface area contributed by atoms with Gasteiger partial charge in [-0.25, -0.2) is 38.4 Å². The Morgan fingerprint density at radius 3 is 0.770 bits per heavy atom. The zero-order valence-corrected chi connectivity index (χ0v) is 51.2. The number of amides is 8. The quantitative estimate of drug-likeness (QED) is 0.0247. The minimum absolute atomic E-state index is 0.0257. The van der Waals surface area contributed by atoms with Gasteiger partial charge < -0.3 is 114 Å². The molecule has 1 atom stereocenters. The maximum atomic E-state index is 12.1. The zero-order valence-electron chi connectivity index (χ0n) is 51.2. The normalized spacial score (nSPS) is 21.9. The first-order valence-corrected chi connectivity index (χ1v) is 30.0. The van der Waals surface area contributed by atoms with Gasteiger partial charge in [-0.1, -0.05) is 6.58 Å². The Hall–Kier alpha value is -6.38. The maximum Gasteiger partial charge on any atom is 0.407 e. The molecule has 0 aromatic carbocycles. The van der Waals surface area contributed by atoms with Gasteiger partial charge in [-0.05, 0) is 108 Å². The molecule has 31 nitrogen and oxygen atoms in total. The number of methoxy groups -OCH3 is 4. The van der Waals surface area contributed by atoms with Crippen molar-refractivity contribution in [2.45, 2.75) is 151 Å². The number of ether oxygens (including phenoxy) is 14. The van der Waals surface area contributed by atoms with Gasteiger partial charge in [0.15, 0.2) is 0 Å². The Labute approximate surface area is 509 Å². The van der Waals surface area contributed by atoms with Gasteiger partial charge >= 0.3 is 48.7 Å². The molecule has 4 rings (SSSR count). The number of hydrogen-bond acceptors (Lipinski definition) is 23. The van der Waals surface area contributed by atoms with E-state index in [1.807, 2.05) is 0 Å². The van der Waals surface area contributed by atoms with E-state index in [-0.39, 0.29) is 120 Å². The van der Waals surface area contributed by atoms with E-state index in [4.69, 9.17) is 56.8 Å². The molecular formula is C56H98N8O23. The number of carbonyl (C=O) groups excluding carboxylic acids is 8. The molecule has 8 amide bonds. The summed E-state index contributed by atoms with van der Waals surface area (Å²) in [7, 11) is 5.83. The van der Waals surface area contributed by atoms with Crippen molar-refractivity contribution in [1.29, 1.82) is 0 Å². The molecule has 0 saturated heterocycles. The van der Waals surface area contributed by atoms with Crippen LogP contribution in [0.15, 0.2) is 12.2 Å². The van der Waals surface area contributed by atoms with Crippen LogP contribution in [0.25, 0.3) is 0 Å². The molecular weight excluding hydrogens is 1150 g/mol. The van der Waals surface area contributed by atoms with Gasteiger partial charge in [0.25, 0.3) is 0 Å². The first kappa shape index (κ1) is 74.9. The van der Waals surface area contributed by atoms with Crippen molar-refractivity contribution in [3.05, 3.63) is 12.2 Å². The van der Waals surface area contributed by atoms with E-state index in [9.17, 15) is 43.5 Å². The van der Waals surface area contributed by atoms with Gasteiger partial charge in [0, 0.05) is 68.5 Å². The van der Waals surface area contributed by atoms with Gasteiger partial charge in [0.2, 0.25) is 0 Å². The average Bonchev–Trinajstić information content (AvgIpc) is 3.66. The lowest BCUT2D eigenvalue weighted by Crippen LogP contribution is -2.44. The summed E-state index contributed by atoms with van der Waals surface area (Å²) in [6, 6.07) is -0.299. The standard InChI is InChI=1S/C28H50N4O12.C28H48N4O11/c1-38-11-12-40-18-20(17-33)19-41-13-14-42-26(35)30-23-7-9-24(10-8-23)32-28(37)44-16-15-43-27(36)31-22-5-3-21(4-6-22)29-25(34)39-2;1-20(18-39-13-12-37-2)19-40-14-15-41-26(34)30-23-8-10-24(11-9-23)32-28(36)43-17-16-42-27(35)31-22-6-4-21(5-7-22)29-25(33)38-3/h20-24,33H,3-19H2,1-2H3,(H,29,34)(H,30,35)(H,31,36)(H,32,37);21-24H,1,4-19H2,2-3H3,(H,29,33)(H,30,34)(H,31,35)(H,32,36). The van der Waals surface area contributed by atoms with Crippen molar-refractivity contribution in [2.75, 3.05) is 141 Å². The van der Waals surface area contributed by atoms with E-state index in [0.29, 0.717) is 123 Å². The fourth-order valence-electron chi connectivity index (χ4n) is 9.57. The topological polar surface area (TPSA) is 382 Å². The molecule has 0 aliphatic heterocycles. The van der Waals surface area contributed by atoms with Gasteiger partial charge in [-0.3, -0.25) is 0 Å². The number of carbonyl (C=O) groups is 8. The molecule has 0 bridgehead atoms. The highest BCUT2D eigenvalue weighted by atomic mass is 16.6. The minimum atomic E-state index is -0.591. The lowest BCUT2D eigenvalue weighted by atomic mass is 9.91. The number of aliphatic hydroxyl groups is 1. The summed E-state index contributed by atoms with van der Waals surface area (Å²) < 4.78 is 71.4. The Morgan fingerprint density at radius 1 is 0.333 bits per heavy atom. The van der Waals surface area contributed by atoms with Gasteiger partial charge in [-0.2, -0.15) is 0 Å². The third kappa shape index (κ3) is 37.2. The summed E-state index contributed by atoms with van der Waals surface area (Å²) in [5.74, 6) is -0.164. The number of rotatable bonds is 35. The fraction of sp³-hybridized carbons (Fsp3) is 0.821. The van der Waals surface area contributed by atoms with Crippen molar-refractivity contribution < 1.29 is 110 Å². The SMILES string of the molecule is C=C(COCCOC)COCCOC(=O)NC1CCC(NC(=O)OCCOC(=O)NC2CCC(NC(=O)OC)CC2)CC1.COCCOCC(CO)COCCOC(=O)NC1CCC(NC(=O)OCCOC(=O)NC2CCC(NC(=O)OC)CC2)CC1. The van der Waals surface area contributed by atoms with Gasteiger partial charge in [-0.15, -0.1) is 0 Å². The predicted octanol–water partition coefficient (Wildman–Crippen LogP) is 3.81. The number of aliphatic hydroxyl groups excluding tert-OH is 1. The third-order valence-corrected chi connectivity index (χ3v) is 14.3. The fourth-order valence-corrected chi connectivity index (χ4v) is 9.57. The molecule has 4 aliphatic carbocycles. The first-order valence-electron chi connectivity index (χ1n) is 30.0. The molecule has 4 aliphatic rings. The molecule has 87 heavy (non-hydrogen) atoms. The summed E-state index contributed by atoms with van der Waals surface area (Å²) in [5, 5.41) is 31.7. The average molecular weight is 1250 g/mol. The van der Waals surface area contributed by atoms with E-state index in [2.05, 4.69) is 58.6 Å². The number of hydrogen-bond donors (Lipinski definition) is 9. The van der Waals surface area contributed by atoms with Gasteiger partial charge in [0.1, 0.15) is 39.6 Å². The highest BCUT2D eigenvalue weighted by Crippen LogP contribution is 2.22. The van der Waals surface area contributed by atoms with E-state index in [1.54, 1.807) is 14.2 Å². The van der Waals surface area contributed by atoms with Crippen LogP contribution >= 0.6 is 0 Å². The Morgan fingerprint density at radius 2 is 0.540 bits per heavy atom. The second-order valence-electron chi connectivity index (χ2n) is 21.2. The van der Waals surface area contributed by atoms with Crippen molar-refractivity contribution in [3.63, 3.8) is 0 Å². The van der Waals surface area contributed by atoms with Crippen LogP contribution in [0.2, 0.25) is 0 Å². The van der Waals surface area contributed by atoms with Crippen LogP contribution in [0.3, 0.4) is 0 Å². The van der Waals surface area contributed by atoms with Crippen molar-refractivity contribution in [3.8, 4) is 0 Å². The monoisotopic (exact) mass is 1250 g/mol. The zero-order chi connectivity index (χ0) is 63.3. The molecule has 1 unspecified atom stereocenters. The van der Waals surface area contributed by atoms with E-state index >= 15 is 0 Å². The molecule has 0 spiro atoms. The highest BCUT2D eigenvalue weighted by molar-refractivity contribution is 5.70. The van der Waals surface area contributed by atoms with Crippen molar-refractivity contribution >= 4 is 48.7 Å². The summed E-state index contributed by atoms with van der Waals surface area (Å²) in [5.41, 5.74) is 0.785. The van der Waals surface area contributed by atoms with Crippen LogP contribution in [0, 0.1) is 5.92 Å². The lowest BCUT2D eigenvalue weighted by molar-refractivity contribution is -0.00657. The summed E-state index contributed by atoms with van der Waals surface area (Å²) in [4.78, 5) is 95.0. The molecule has 0 heterocycles. The summed E-state index contributed by atoms with van der Waals surface area (Å²) in [6.07, 6.45) is 6.82. The third-order valence-electron chi connectivity index (χ3n) is 14.3. The van der Waals surface area contributed by atoms with Crippen LogP contribution in [-0.2, 0) is 66.3 Å². The molecule has 0 aromatic rings. The van der Waals surface area contributed by atoms with E-state index in [0.717, 1.165) is 31.3 Å². The molecule has 31 heteroatoms. The Bertz CT molecular complexity index is 1970. The highest BCUT2D eigenvalue weighted by Gasteiger charge is 2.28. The minimum Gasteiger partial charge on any atom is -0.453 e. The summed E-state index contributed by atoms with van der Waals surface area (Å²) in [6.45, 7) is 7.43. The molecule has 4 saturated carbocycles. The Balaban J connectivity index is 0.000000455. The van der Waals surface area contributed by atoms with Crippen LogP contribution in [0.4, 0.5) is 38.4 Å². The molecule has 0 radical (unpaired) electrons. The lowest BCUT2D eigenvalue weighted by Gasteiger charge is -2.29. The van der Waals surface area contributed by atoms with Crippen LogP contribution in [0.5, 0.6) is 0 Å². The largest absolute Gasteiger partial charge is 0.453 e. The smallest absolute Gasteiger partial charge is 0.407 e. The number of alkyl carbamates (subject to hydrolysis) is 8. The molecule has 500 valence electrons.